The molecule has 0 radical (unpaired) electrons. The van der Waals surface area contributed by atoms with Crippen molar-refractivity contribution in [3.05, 3.63) is 83.2 Å². The van der Waals surface area contributed by atoms with Crippen LogP contribution in [-0.2, 0) is 4.79 Å². The first-order valence-electron chi connectivity index (χ1n) is 9.73. The summed E-state index contributed by atoms with van der Waals surface area (Å²) in [5.41, 5.74) is 5.01. The zero-order chi connectivity index (χ0) is 19.5. The Hall–Kier alpha value is -2.94. The highest BCUT2D eigenvalue weighted by Gasteiger charge is 2.40. The summed E-state index contributed by atoms with van der Waals surface area (Å²) in [5.74, 6) is -0.0809. The van der Waals surface area contributed by atoms with Crippen molar-refractivity contribution in [3.63, 3.8) is 0 Å². The summed E-state index contributed by atoms with van der Waals surface area (Å²) in [4.78, 5) is 13.2. The number of carbonyl (C=O) groups excluding carboxylic acids is 1. The number of anilines is 1. The van der Waals surface area contributed by atoms with E-state index in [1.165, 1.54) is 12.1 Å². The Kier molecular flexibility index (Phi) is 3.70. The number of nitrogens with one attached hydrogen (secondary N) is 1. The second-order valence-corrected chi connectivity index (χ2v) is 8.67. The number of benzene rings is 3. The lowest BCUT2D eigenvalue weighted by Gasteiger charge is -2.40. The van der Waals surface area contributed by atoms with Crippen LogP contribution in [0.15, 0.2) is 66.2 Å². The van der Waals surface area contributed by atoms with Gasteiger partial charge in [0.1, 0.15) is 5.82 Å². The first-order chi connectivity index (χ1) is 13.4. The van der Waals surface area contributed by atoms with Crippen molar-refractivity contribution in [1.29, 1.82) is 0 Å². The molecule has 0 saturated heterocycles. The van der Waals surface area contributed by atoms with Gasteiger partial charge < -0.3 is 5.32 Å². The molecule has 2 aliphatic rings. The molecule has 1 aliphatic carbocycles. The number of hydrogen-bond donors (Lipinski definition) is 1. The number of fused-ring (bicyclic) bond motifs is 4. The lowest BCUT2D eigenvalue weighted by molar-refractivity contribution is -0.118. The summed E-state index contributed by atoms with van der Waals surface area (Å²) >= 11 is 0. The molecule has 1 unspecified atom stereocenters. The maximum absolute atomic E-state index is 13.5. The van der Waals surface area contributed by atoms with E-state index in [0.717, 1.165) is 45.2 Å². The zero-order valence-electron chi connectivity index (χ0n) is 16.1. The highest BCUT2D eigenvalue weighted by Crippen LogP contribution is 2.51. The third-order valence-electron chi connectivity index (χ3n) is 5.95. The summed E-state index contributed by atoms with van der Waals surface area (Å²) in [6.07, 6.45) is 1.40. The molecule has 1 N–H and O–H groups in total. The van der Waals surface area contributed by atoms with Crippen molar-refractivity contribution in [2.75, 3.05) is 5.32 Å². The Balaban J connectivity index is 1.79. The second kappa shape index (κ2) is 6.03. The lowest BCUT2D eigenvalue weighted by atomic mass is 9.68. The minimum atomic E-state index is -0.268. The minimum absolute atomic E-state index is 0.0660. The maximum atomic E-state index is 13.5. The molecule has 1 aliphatic heterocycles. The Labute approximate surface area is 164 Å². The number of allylic oxidation sites excluding steroid dienone is 1. The van der Waals surface area contributed by atoms with Gasteiger partial charge in [0.15, 0.2) is 5.78 Å². The second-order valence-electron chi connectivity index (χ2n) is 8.67. The topological polar surface area (TPSA) is 29.1 Å². The van der Waals surface area contributed by atoms with Gasteiger partial charge in [-0.3, -0.25) is 4.79 Å². The minimum Gasteiger partial charge on any atom is -0.373 e. The van der Waals surface area contributed by atoms with Crippen molar-refractivity contribution in [2.24, 2.45) is 5.41 Å². The highest BCUT2D eigenvalue weighted by molar-refractivity contribution is 6.12. The third kappa shape index (κ3) is 2.65. The first kappa shape index (κ1) is 17.2. The van der Waals surface area contributed by atoms with E-state index < -0.39 is 0 Å². The summed E-state index contributed by atoms with van der Waals surface area (Å²) < 4.78 is 13.5. The van der Waals surface area contributed by atoms with E-state index in [0.29, 0.717) is 6.42 Å². The fourth-order valence-corrected chi connectivity index (χ4v) is 4.71. The average Bonchev–Trinajstić information content (AvgIpc) is 2.66. The molecular formula is C25H22FNO. The Bertz CT molecular complexity index is 1140. The van der Waals surface area contributed by atoms with Gasteiger partial charge in [0.05, 0.1) is 11.7 Å². The van der Waals surface area contributed by atoms with E-state index in [4.69, 9.17) is 0 Å². The van der Waals surface area contributed by atoms with Gasteiger partial charge in [-0.25, -0.2) is 4.39 Å². The standard InChI is InChI=1S/C25H22FNO/c1-25(2)13-20-19-12-9-15-5-3-4-6-18(15)24(19)27-23(22(20)21(28)14-25)16-7-10-17(26)11-8-16/h3-12,23,27H,13-14H2,1-2H3. The predicted molar refractivity (Wildman–Crippen MR) is 112 cm³/mol. The van der Waals surface area contributed by atoms with Gasteiger partial charge in [0, 0.05) is 22.9 Å². The first-order valence-corrected chi connectivity index (χ1v) is 9.73. The molecule has 0 bridgehead atoms. The number of halogens is 1. The Morgan fingerprint density at radius 3 is 2.50 bits per heavy atom. The molecule has 0 aromatic heterocycles. The van der Waals surface area contributed by atoms with Crippen LogP contribution in [-0.4, -0.2) is 5.78 Å². The van der Waals surface area contributed by atoms with Crippen molar-refractivity contribution in [2.45, 2.75) is 32.7 Å². The van der Waals surface area contributed by atoms with Crippen LogP contribution in [0, 0.1) is 11.2 Å². The van der Waals surface area contributed by atoms with Crippen molar-refractivity contribution < 1.29 is 9.18 Å². The van der Waals surface area contributed by atoms with Gasteiger partial charge in [-0.15, -0.1) is 0 Å². The average molecular weight is 371 g/mol. The summed E-state index contributed by atoms with van der Waals surface area (Å²) in [6.45, 7) is 4.31. The van der Waals surface area contributed by atoms with E-state index in [1.807, 2.05) is 12.1 Å². The number of hydrogen-bond acceptors (Lipinski definition) is 2. The van der Waals surface area contributed by atoms with Crippen LogP contribution in [0.4, 0.5) is 10.1 Å². The van der Waals surface area contributed by atoms with E-state index in [9.17, 15) is 9.18 Å². The SMILES string of the molecule is CC1(C)CC(=O)C2=C(C1)c1ccc3ccccc3c1NC2c1ccc(F)cc1. The molecule has 0 fully saturated rings. The molecule has 3 aromatic carbocycles. The van der Waals surface area contributed by atoms with Crippen LogP contribution in [0.3, 0.4) is 0 Å². The molecule has 3 aromatic rings. The monoisotopic (exact) mass is 371 g/mol. The Morgan fingerprint density at radius 1 is 0.964 bits per heavy atom. The van der Waals surface area contributed by atoms with Gasteiger partial charge in [0.25, 0.3) is 0 Å². The van der Waals surface area contributed by atoms with Gasteiger partial charge in [-0.05, 0) is 40.5 Å². The molecule has 28 heavy (non-hydrogen) atoms. The summed E-state index contributed by atoms with van der Waals surface area (Å²) in [5, 5.41) is 5.94. The van der Waals surface area contributed by atoms with Gasteiger partial charge in [0.2, 0.25) is 0 Å². The zero-order valence-corrected chi connectivity index (χ0v) is 16.1. The van der Waals surface area contributed by atoms with Crippen molar-refractivity contribution in [3.8, 4) is 0 Å². The van der Waals surface area contributed by atoms with Crippen LogP contribution in [0.2, 0.25) is 0 Å². The summed E-state index contributed by atoms with van der Waals surface area (Å²) in [7, 11) is 0. The molecule has 3 heteroatoms. The van der Waals surface area contributed by atoms with E-state index >= 15 is 0 Å². The molecule has 2 nitrogen and oxygen atoms in total. The van der Waals surface area contributed by atoms with Crippen LogP contribution in [0.1, 0.15) is 43.9 Å². The normalized spacial score (nSPS) is 20.5. The molecule has 1 heterocycles. The largest absolute Gasteiger partial charge is 0.373 e. The quantitative estimate of drug-likeness (QED) is 0.545. The number of rotatable bonds is 1. The van der Waals surface area contributed by atoms with Crippen LogP contribution < -0.4 is 5.32 Å². The molecule has 140 valence electrons. The fraction of sp³-hybridized carbons (Fsp3) is 0.240. The highest BCUT2D eigenvalue weighted by atomic mass is 19.1. The molecule has 0 saturated carbocycles. The number of Topliss-reactive ketones (excluding diaryl/α,β-unsaturated/α-hetero) is 1. The van der Waals surface area contributed by atoms with Crippen LogP contribution in [0.5, 0.6) is 0 Å². The van der Waals surface area contributed by atoms with Crippen molar-refractivity contribution >= 4 is 27.8 Å². The molecular weight excluding hydrogens is 349 g/mol. The van der Waals surface area contributed by atoms with E-state index in [1.54, 1.807) is 12.1 Å². The smallest absolute Gasteiger partial charge is 0.162 e. The van der Waals surface area contributed by atoms with Gasteiger partial charge >= 0.3 is 0 Å². The molecule has 5 rings (SSSR count). The molecule has 1 atom stereocenters. The maximum Gasteiger partial charge on any atom is 0.162 e. The number of ketones is 1. The summed E-state index contributed by atoms with van der Waals surface area (Å²) in [6, 6.07) is 18.8. The lowest BCUT2D eigenvalue weighted by Crippen LogP contribution is -2.33. The van der Waals surface area contributed by atoms with E-state index in [2.05, 4.69) is 43.4 Å². The Morgan fingerprint density at radius 2 is 1.71 bits per heavy atom. The van der Waals surface area contributed by atoms with Gasteiger partial charge in [-0.2, -0.15) is 0 Å². The van der Waals surface area contributed by atoms with Crippen molar-refractivity contribution in [1.82, 2.24) is 0 Å². The third-order valence-corrected chi connectivity index (χ3v) is 5.95. The fourth-order valence-electron chi connectivity index (χ4n) is 4.71. The predicted octanol–water partition coefficient (Wildman–Crippen LogP) is 6.29. The molecule has 0 amide bonds. The number of carbonyl (C=O) groups is 1. The van der Waals surface area contributed by atoms with Gasteiger partial charge in [-0.1, -0.05) is 62.4 Å². The van der Waals surface area contributed by atoms with Crippen LogP contribution >= 0.6 is 0 Å². The van der Waals surface area contributed by atoms with E-state index in [-0.39, 0.29) is 23.1 Å². The van der Waals surface area contributed by atoms with Crippen LogP contribution in [0.25, 0.3) is 16.3 Å². The molecule has 0 spiro atoms.